The van der Waals surface area contributed by atoms with Gasteiger partial charge in [0.15, 0.2) is 0 Å². The maximum absolute atomic E-state index is 9.39. The molecule has 0 aliphatic rings. The molecule has 0 amide bonds. The van der Waals surface area contributed by atoms with Gasteiger partial charge in [0.25, 0.3) is 0 Å². The average molecular weight is 204 g/mol. The lowest BCUT2D eigenvalue weighted by atomic mass is 10.3. The Kier molecular flexibility index (Phi) is 9.29. The number of rotatable bonds is 9. The van der Waals surface area contributed by atoms with Gasteiger partial charge < -0.3 is 20.1 Å². The molecule has 0 aliphatic carbocycles. The highest BCUT2D eigenvalue weighted by Crippen LogP contribution is 1.85. The monoisotopic (exact) mass is 204 g/mol. The van der Waals surface area contributed by atoms with Gasteiger partial charge in [-0.15, -0.1) is 0 Å². The molecule has 0 bridgehead atoms. The molecule has 0 aromatic carbocycles. The molecule has 4 heteroatoms. The first kappa shape index (κ1) is 13.8. The summed E-state index contributed by atoms with van der Waals surface area (Å²) in [6, 6.07) is 0. The predicted octanol–water partition coefficient (Wildman–Crippen LogP) is -0.0749. The van der Waals surface area contributed by atoms with E-state index in [1.807, 2.05) is 6.92 Å². The third-order valence-corrected chi connectivity index (χ3v) is 1.85. The molecule has 0 aromatic rings. The van der Waals surface area contributed by atoms with Gasteiger partial charge in [-0.05, 0) is 40.5 Å². The van der Waals surface area contributed by atoms with Gasteiger partial charge in [-0.2, -0.15) is 0 Å². The molecule has 0 heterocycles. The molecule has 0 fully saturated rings. The van der Waals surface area contributed by atoms with E-state index in [4.69, 9.17) is 4.74 Å². The highest BCUT2D eigenvalue weighted by atomic mass is 16.5. The van der Waals surface area contributed by atoms with E-state index in [0.717, 1.165) is 19.5 Å². The summed E-state index contributed by atoms with van der Waals surface area (Å²) in [4.78, 5) is 2.15. The third-order valence-electron chi connectivity index (χ3n) is 1.85. The standard InChI is InChI=1S/C10H24N2O2/c1-4-14-9-10(13)8-11-6-5-7-12(2)3/h10-11,13H,4-9H2,1-3H3. The molecule has 1 unspecified atom stereocenters. The Bertz CT molecular complexity index is 121. The number of nitrogens with zero attached hydrogens (tertiary/aromatic N) is 1. The molecule has 0 spiro atoms. The summed E-state index contributed by atoms with van der Waals surface area (Å²) in [6.45, 7) is 5.66. The molecule has 86 valence electrons. The normalized spacial score (nSPS) is 13.5. The van der Waals surface area contributed by atoms with Crippen molar-refractivity contribution in [3.63, 3.8) is 0 Å². The largest absolute Gasteiger partial charge is 0.389 e. The summed E-state index contributed by atoms with van der Waals surface area (Å²) < 4.78 is 5.09. The molecule has 0 radical (unpaired) electrons. The average Bonchev–Trinajstić information content (AvgIpc) is 2.13. The second-order valence-corrected chi connectivity index (χ2v) is 3.67. The molecule has 0 aromatic heterocycles. The van der Waals surface area contributed by atoms with Crippen molar-refractivity contribution in [1.82, 2.24) is 10.2 Å². The van der Waals surface area contributed by atoms with Crippen LogP contribution in [0, 0.1) is 0 Å². The van der Waals surface area contributed by atoms with Crippen molar-refractivity contribution in [1.29, 1.82) is 0 Å². The second-order valence-electron chi connectivity index (χ2n) is 3.67. The maximum Gasteiger partial charge on any atom is 0.0897 e. The molecular weight excluding hydrogens is 180 g/mol. The van der Waals surface area contributed by atoms with Crippen LogP contribution >= 0.6 is 0 Å². The summed E-state index contributed by atoms with van der Waals surface area (Å²) in [5, 5.41) is 12.6. The van der Waals surface area contributed by atoms with Crippen LogP contribution in [-0.4, -0.2) is 63.1 Å². The number of hydrogen-bond donors (Lipinski definition) is 2. The maximum atomic E-state index is 9.39. The van der Waals surface area contributed by atoms with Crippen molar-refractivity contribution in [2.75, 3.05) is 46.9 Å². The highest BCUT2D eigenvalue weighted by Gasteiger charge is 2.02. The Morgan fingerprint density at radius 3 is 2.71 bits per heavy atom. The van der Waals surface area contributed by atoms with Crippen LogP contribution in [0.25, 0.3) is 0 Å². The Morgan fingerprint density at radius 1 is 1.43 bits per heavy atom. The van der Waals surface area contributed by atoms with E-state index in [0.29, 0.717) is 19.8 Å². The van der Waals surface area contributed by atoms with Crippen molar-refractivity contribution in [2.24, 2.45) is 0 Å². The lowest BCUT2D eigenvalue weighted by Gasteiger charge is -2.13. The zero-order chi connectivity index (χ0) is 10.8. The van der Waals surface area contributed by atoms with E-state index in [1.54, 1.807) is 0 Å². The van der Waals surface area contributed by atoms with E-state index in [9.17, 15) is 5.11 Å². The van der Waals surface area contributed by atoms with Crippen molar-refractivity contribution in [3.05, 3.63) is 0 Å². The molecule has 14 heavy (non-hydrogen) atoms. The van der Waals surface area contributed by atoms with Gasteiger partial charge in [0, 0.05) is 13.2 Å². The SMILES string of the molecule is CCOCC(O)CNCCCN(C)C. The van der Waals surface area contributed by atoms with Crippen LogP contribution in [0.5, 0.6) is 0 Å². The minimum atomic E-state index is -0.380. The molecule has 0 saturated heterocycles. The van der Waals surface area contributed by atoms with Crippen molar-refractivity contribution < 1.29 is 9.84 Å². The fourth-order valence-electron chi connectivity index (χ4n) is 1.10. The molecule has 0 rings (SSSR count). The first-order valence-corrected chi connectivity index (χ1v) is 5.28. The molecular formula is C10H24N2O2. The Morgan fingerprint density at radius 2 is 2.14 bits per heavy atom. The van der Waals surface area contributed by atoms with Crippen LogP contribution < -0.4 is 5.32 Å². The van der Waals surface area contributed by atoms with Crippen LogP contribution in [0.2, 0.25) is 0 Å². The molecule has 0 aliphatic heterocycles. The van der Waals surface area contributed by atoms with Crippen LogP contribution in [0.4, 0.5) is 0 Å². The second kappa shape index (κ2) is 9.40. The minimum Gasteiger partial charge on any atom is -0.389 e. The first-order chi connectivity index (χ1) is 6.66. The number of ether oxygens (including phenoxy) is 1. The lowest BCUT2D eigenvalue weighted by molar-refractivity contribution is 0.0429. The Balaban J connectivity index is 3.10. The zero-order valence-electron chi connectivity index (χ0n) is 9.62. The van der Waals surface area contributed by atoms with Gasteiger partial charge in [-0.3, -0.25) is 0 Å². The molecule has 4 nitrogen and oxygen atoms in total. The van der Waals surface area contributed by atoms with Gasteiger partial charge in [-0.25, -0.2) is 0 Å². The Labute approximate surface area is 87.2 Å². The molecule has 1 atom stereocenters. The van der Waals surface area contributed by atoms with E-state index in [-0.39, 0.29) is 6.10 Å². The topological polar surface area (TPSA) is 44.7 Å². The molecule has 0 saturated carbocycles. The summed E-state index contributed by atoms with van der Waals surface area (Å²) in [7, 11) is 4.12. The minimum absolute atomic E-state index is 0.380. The zero-order valence-corrected chi connectivity index (χ0v) is 9.62. The van der Waals surface area contributed by atoms with E-state index < -0.39 is 0 Å². The number of aliphatic hydroxyl groups excluding tert-OH is 1. The number of aliphatic hydroxyl groups is 1. The van der Waals surface area contributed by atoms with E-state index >= 15 is 0 Å². The summed E-state index contributed by atoms with van der Waals surface area (Å²) in [5.41, 5.74) is 0. The van der Waals surface area contributed by atoms with Crippen molar-refractivity contribution >= 4 is 0 Å². The Hall–Kier alpha value is -0.160. The van der Waals surface area contributed by atoms with E-state index in [2.05, 4.69) is 24.3 Å². The fraction of sp³-hybridized carbons (Fsp3) is 1.00. The third kappa shape index (κ3) is 9.92. The van der Waals surface area contributed by atoms with Gasteiger partial charge in [0.2, 0.25) is 0 Å². The van der Waals surface area contributed by atoms with Gasteiger partial charge >= 0.3 is 0 Å². The summed E-state index contributed by atoms with van der Waals surface area (Å²) in [5.74, 6) is 0. The summed E-state index contributed by atoms with van der Waals surface area (Å²) in [6.07, 6.45) is 0.725. The van der Waals surface area contributed by atoms with Crippen molar-refractivity contribution in [3.8, 4) is 0 Å². The number of hydrogen-bond acceptors (Lipinski definition) is 4. The van der Waals surface area contributed by atoms with Crippen LogP contribution in [0.1, 0.15) is 13.3 Å². The number of nitrogens with one attached hydrogen (secondary N) is 1. The molecule has 2 N–H and O–H groups in total. The fourth-order valence-corrected chi connectivity index (χ4v) is 1.10. The van der Waals surface area contributed by atoms with Crippen LogP contribution in [-0.2, 0) is 4.74 Å². The van der Waals surface area contributed by atoms with E-state index in [1.165, 1.54) is 0 Å². The first-order valence-electron chi connectivity index (χ1n) is 5.28. The van der Waals surface area contributed by atoms with Crippen molar-refractivity contribution in [2.45, 2.75) is 19.4 Å². The lowest BCUT2D eigenvalue weighted by Crippen LogP contribution is -2.32. The van der Waals surface area contributed by atoms with Crippen LogP contribution in [0.15, 0.2) is 0 Å². The van der Waals surface area contributed by atoms with Gasteiger partial charge in [-0.1, -0.05) is 0 Å². The predicted molar refractivity (Wildman–Crippen MR) is 58.5 cm³/mol. The summed E-state index contributed by atoms with van der Waals surface area (Å²) >= 11 is 0. The van der Waals surface area contributed by atoms with Gasteiger partial charge in [0.05, 0.1) is 12.7 Å². The van der Waals surface area contributed by atoms with Gasteiger partial charge in [0.1, 0.15) is 0 Å². The quantitative estimate of drug-likeness (QED) is 0.516. The van der Waals surface area contributed by atoms with Crippen LogP contribution in [0.3, 0.4) is 0 Å². The highest BCUT2D eigenvalue weighted by molar-refractivity contribution is 4.58. The smallest absolute Gasteiger partial charge is 0.0897 e.